The molecule has 1 aromatic carbocycles. The highest BCUT2D eigenvalue weighted by Crippen LogP contribution is 2.53. The second-order valence-corrected chi connectivity index (χ2v) is 8.83. The maximum absolute atomic E-state index is 9.24. The summed E-state index contributed by atoms with van der Waals surface area (Å²) in [6, 6.07) is 10.3. The van der Waals surface area contributed by atoms with Gasteiger partial charge in [0.2, 0.25) is 0 Å². The zero-order chi connectivity index (χ0) is 21.6. The average molecular weight is 418 g/mol. The van der Waals surface area contributed by atoms with Crippen molar-refractivity contribution in [2.45, 2.75) is 57.0 Å². The van der Waals surface area contributed by atoms with Crippen LogP contribution in [0.2, 0.25) is 0 Å². The first-order chi connectivity index (χ1) is 15.0. The summed E-state index contributed by atoms with van der Waals surface area (Å²) in [4.78, 5) is 9.06. The van der Waals surface area contributed by atoms with Gasteiger partial charge in [-0.25, -0.2) is 4.99 Å². The second-order valence-electron chi connectivity index (χ2n) is 8.83. The number of rotatable bonds is 3. The Hall–Kier alpha value is -3.11. The normalized spacial score (nSPS) is 28.8. The largest absolute Gasteiger partial charge is 0.490 e. The molecule has 0 saturated heterocycles. The summed E-state index contributed by atoms with van der Waals surface area (Å²) in [5, 5.41) is 9.24. The van der Waals surface area contributed by atoms with Crippen LogP contribution in [0.15, 0.2) is 41.7 Å². The lowest BCUT2D eigenvalue weighted by molar-refractivity contribution is -0.0791. The van der Waals surface area contributed by atoms with Crippen molar-refractivity contribution >= 4 is 6.02 Å². The Labute approximate surface area is 181 Å². The molecule has 1 unspecified atom stereocenters. The van der Waals surface area contributed by atoms with E-state index in [1.165, 1.54) is 0 Å². The number of ether oxygens (including phenoxy) is 3. The van der Waals surface area contributed by atoms with Crippen LogP contribution in [0.25, 0.3) is 11.1 Å². The Morgan fingerprint density at radius 3 is 2.84 bits per heavy atom. The standard InChI is InChI=1S/C24H26N4O3/c1-14(2)30-18-4-6-22-20(9-18)24(13-29-23(26)28-24)19-8-16(3-5-21(19)31-22)17-7-15(10-25)11-27-12-17/h3,5,7-8,11-12,14,18,20,22H,4,6,9,13H2,1-2H3,(H2,26,28)/t18-,20?,22+,24+/m1/s1. The summed E-state index contributed by atoms with van der Waals surface area (Å²) in [6.45, 7) is 4.53. The van der Waals surface area contributed by atoms with Crippen LogP contribution in [0, 0.1) is 17.2 Å². The minimum atomic E-state index is -0.600. The molecule has 1 spiro atoms. The van der Waals surface area contributed by atoms with Crippen LogP contribution in [-0.4, -0.2) is 35.9 Å². The molecule has 3 aliphatic rings. The van der Waals surface area contributed by atoms with Crippen LogP contribution in [0.5, 0.6) is 5.75 Å². The van der Waals surface area contributed by atoms with Gasteiger partial charge in [0.1, 0.15) is 30.1 Å². The molecule has 0 amide bonds. The average Bonchev–Trinajstić information content (AvgIpc) is 3.16. The van der Waals surface area contributed by atoms with Gasteiger partial charge in [-0.2, -0.15) is 5.26 Å². The van der Waals surface area contributed by atoms with Crippen LogP contribution in [-0.2, 0) is 15.0 Å². The Morgan fingerprint density at radius 1 is 1.23 bits per heavy atom. The number of hydrogen-bond acceptors (Lipinski definition) is 7. The van der Waals surface area contributed by atoms with Crippen LogP contribution in [0.4, 0.5) is 0 Å². The van der Waals surface area contributed by atoms with Crippen molar-refractivity contribution in [2.75, 3.05) is 6.61 Å². The van der Waals surface area contributed by atoms with Gasteiger partial charge in [0.15, 0.2) is 0 Å². The third kappa shape index (κ3) is 3.41. The van der Waals surface area contributed by atoms with E-state index in [9.17, 15) is 5.26 Å². The number of aromatic nitrogens is 1. The van der Waals surface area contributed by atoms with E-state index in [0.717, 1.165) is 41.7 Å². The Kier molecular flexibility index (Phi) is 4.82. The topological polar surface area (TPSA) is 103 Å². The quantitative estimate of drug-likeness (QED) is 0.818. The molecule has 2 aliphatic heterocycles. The van der Waals surface area contributed by atoms with Gasteiger partial charge in [0, 0.05) is 29.4 Å². The van der Waals surface area contributed by atoms with E-state index in [2.05, 4.69) is 31.0 Å². The molecule has 5 rings (SSSR count). The molecular weight excluding hydrogens is 392 g/mol. The van der Waals surface area contributed by atoms with Gasteiger partial charge in [-0.3, -0.25) is 4.98 Å². The molecule has 7 nitrogen and oxygen atoms in total. The first-order valence-electron chi connectivity index (χ1n) is 10.8. The molecule has 1 saturated carbocycles. The SMILES string of the molecule is CC(C)O[C@@H]1CC[C@@H]2Oc3ccc(-c4cncc(C#N)c4)cc3[C@@]3(COC(N)=N3)C2C1. The molecule has 31 heavy (non-hydrogen) atoms. The molecule has 1 aromatic heterocycles. The maximum atomic E-state index is 9.24. The summed E-state index contributed by atoms with van der Waals surface area (Å²) in [7, 11) is 0. The van der Waals surface area contributed by atoms with Crippen molar-refractivity contribution in [3.63, 3.8) is 0 Å². The Morgan fingerprint density at radius 2 is 2.10 bits per heavy atom. The number of hydrogen-bond donors (Lipinski definition) is 1. The molecule has 3 heterocycles. The second kappa shape index (κ2) is 7.54. The smallest absolute Gasteiger partial charge is 0.283 e. The number of aliphatic imine (C=N–C) groups is 1. The monoisotopic (exact) mass is 418 g/mol. The number of nitrogens with zero attached hydrogens (tertiary/aromatic N) is 3. The third-order valence-electron chi connectivity index (χ3n) is 6.49. The zero-order valence-corrected chi connectivity index (χ0v) is 17.7. The van der Waals surface area contributed by atoms with Gasteiger partial charge in [-0.15, -0.1) is 0 Å². The summed E-state index contributed by atoms with van der Waals surface area (Å²) < 4.78 is 18.3. The summed E-state index contributed by atoms with van der Waals surface area (Å²) in [6.07, 6.45) is 6.44. The van der Waals surface area contributed by atoms with Crippen LogP contribution in [0.1, 0.15) is 44.2 Å². The predicted molar refractivity (Wildman–Crippen MR) is 115 cm³/mol. The molecule has 7 heteroatoms. The summed E-state index contributed by atoms with van der Waals surface area (Å²) in [5.74, 6) is 0.928. The van der Waals surface area contributed by atoms with E-state index in [1.807, 2.05) is 18.2 Å². The lowest BCUT2D eigenvalue weighted by Crippen LogP contribution is -2.52. The van der Waals surface area contributed by atoms with E-state index in [1.54, 1.807) is 12.4 Å². The Bertz CT molecular complexity index is 1080. The van der Waals surface area contributed by atoms with Crippen molar-refractivity contribution in [1.29, 1.82) is 5.26 Å². The van der Waals surface area contributed by atoms with Gasteiger partial charge >= 0.3 is 0 Å². The fourth-order valence-electron chi connectivity index (χ4n) is 5.20. The van der Waals surface area contributed by atoms with Crippen molar-refractivity contribution < 1.29 is 14.2 Å². The van der Waals surface area contributed by atoms with E-state index in [0.29, 0.717) is 12.2 Å². The van der Waals surface area contributed by atoms with E-state index in [-0.39, 0.29) is 30.3 Å². The molecule has 0 bridgehead atoms. The van der Waals surface area contributed by atoms with Crippen molar-refractivity contribution in [3.05, 3.63) is 47.8 Å². The van der Waals surface area contributed by atoms with E-state index >= 15 is 0 Å². The van der Waals surface area contributed by atoms with Crippen LogP contribution in [0.3, 0.4) is 0 Å². The lowest BCUT2D eigenvalue weighted by Gasteiger charge is -2.48. The molecule has 160 valence electrons. The molecule has 0 radical (unpaired) electrons. The summed E-state index contributed by atoms with van der Waals surface area (Å²) >= 11 is 0. The van der Waals surface area contributed by atoms with Gasteiger partial charge in [0.25, 0.3) is 6.02 Å². The fourth-order valence-corrected chi connectivity index (χ4v) is 5.20. The van der Waals surface area contributed by atoms with Gasteiger partial charge in [-0.05, 0) is 56.9 Å². The lowest BCUT2D eigenvalue weighted by atomic mass is 9.67. The predicted octanol–water partition coefficient (Wildman–Crippen LogP) is 3.52. The molecule has 1 fully saturated rings. The number of nitrogens with two attached hydrogens (primary N) is 1. The van der Waals surface area contributed by atoms with Crippen LogP contribution < -0.4 is 10.5 Å². The maximum Gasteiger partial charge on any atom is 0.283 e. The van der Waals surface area contributed by atoms with Crippen molar-refractivity contribution in [2.24, 2.45) is 16.6 Å². The Balaban J connectivity index is 1.59. The first kappa shape index (κ1) is 19.8. The highest BCUT2D eigenvalue weighted by Gasteiger charge is 2.55. The van der Waals surface area contributed by atoms with Gasteiger partial charge in [-0.1, -0.05) is 6.07 Å². The van der Waals surface area contributed by atoms with E-state index < -0.39 is 5.54 Å². The number of pyridine rings is 1. The number of benzene rings is 1. The zero-order valence-electron chi connectivity index (χ0n) is 17.7. The highest BCUT2D eigenvalue weighted by molar-refractivity contribution is 5.75. The number of nitriles is 1. The minimum absolute atomic E-state index is 0.0483. The van der Waals surface area contributed by atoms with Crippen molar-refractivity contribution in [3.8, 4) is 22.9 Å². The molecule has 1 aliphatic carbocycles. The molecule has 4 atom stereocenters. The van der Waals surface area contributed by atoms with E-state index in [4.69, 9.17) is 24.9 Å². The van der Waals surface area contributed by atoms with Crippen LogP contribution >= 0.6 is 0 Å². The highest BCUT2D eigenvalue weighted by atomic mass is 16.5. The third-order valence-corrected chi connectivity index (χ3v) is 6.49. The first-order valence-corrected chi connectivity index (χ1v) is 10.8. The van der Waals surface area contributed by atoms with Crippen molar-refractivity contribution in [1.82, 2.24) is 4.98 Å². The summed E-state index contributed by atoms with van der Waals surface area (Å²) in [5.41, 5.74) is 8.75. The molecule has 2 aromatic rings. The van der Waals surface area contributed by atoms with Gasteiger partial charge in [0.05, 0.1) is 17.8 Å². The number of amidine groups is 1. The number of fused-ring (bicyclic) bond motifs is 4. The fraction of sp³-hybridized carbons (Fsp3) is 0.458. The van der Waals surface area contributed by atoms with Gasteiger partial charge < -0.3 is 19.9 Å². The molecule has 2 N–H and O–H groups in total. The molecular formula is C24H26N4O3. The minimum Gasteiger partial charge on any atom is -0.490 e.